The lowest BCUT2D eigenvalue weighted by molar-refractivity contribution is -0.118. The lowest BCUT2D eigenvalue weighted by atomic mass is 10.1. The minimum absolute atomic E-state index is 0.130. The summed E-state index contributed by atoms with van der Waals surface area (Å²) in [6.07, 6.45) is 0. The molecule has 0 aromatic heterocycles. The topological polar surface area (TPSA) is 55.1 Å². The van der Waals surface area contributed by atoms with E-state index in [4.69, 9.17) is 5.73 Å². The number of nitrogens with two attached hydrogens (primary N) is 1. The van der Waals surface area contributed by atoms with Gasteiger partial charge in [-0.05, 0) is 40.6 Å². The molecule has 1 amide bonds. The van der Waals surface area contributed by atoms with Crippen molar-refractivity contribution in [2.24, 2.45) is 11.7 Å². The summed E-state index contributed by atoms with van der Waals surface area (Å²) in [6, 6.07) is 7.17. The number of hydrogen-bond donors (Lipinski definition) is 2. The Morgan fingerprint density at radius 1 is 1.40 bits per heavy atom. The van der Waals surface area contributed by atoms with Crippen molar-refractivity contribution >= 4 is 34.2 Å². The molecule has 1 aromatic rings. The predicted molar refractivity (Wildman–Crippen MR) is 70.6 cm³/mol. The summed E-state index contributed by atoms with van der Waals surface area (Å²) >= 11 is 2.18. The second kappa shape index (κ2) is 5.46. The molecule has 0 aliphatic rings. The van der Waals surface area contributed by atoms with Crippen LogP contribution in [-0.2, 0) is 4.79 Å². The van der Waals surface area contributed by atoms with E-state index in [0.29, 0.717) is 0 Å². The Kier molecular flexibility index (Phi) is 4.53. The molecule has 82 valence electrons. The smallest absolute Gasteiger partial charge is 0.241 e. The SMILES string of the molecule is CC(C)[C@H](N)C(=O)Nc1ccccc1I. The van der Waals surface area contributed by atoms with Crippen molar-refractivity contribution in [1.82, 2.24) is 0 Å². The highest BCUT2D eigenvalue weighted by atomic mass is 127. The third-order valence-corrected chi connectivity index (χ3v) is 3.09. The summed E-state index contributed by atoms with van der Waals surface area (Å²) < 4.78 is 1.01. The highest BCUT2D eigenvalue weighted by molar-refractivity contribution is 14.1. The Labute approximate surface area is 104 Å². The monoisotopic (exact) mass is 318 g/mol. The molecule has 0 bridgehead atoms. The Bertz CT molecular complexity index is 352. The average molecular weight is 318 g/mol. The van der Waals surface area contributed by atoms with Crippen LogP contribution >= 0.6 is 22.6 Å². The zero-order valence-electron chi connectivity index (χ0n) is 8.83. The molecule has 0 radical (unpaired) electrons. The number of amides is 1. The van der Waals surface area contributed by atoms with Crippen molar-refractivity contribution < 1.29 is 4.79 Å². The van der Waals surface area contributed by atoms with E-state index in [1.807, 2.05) is 38.1 Å². The van der Waals surface area contributed by atoms with Crippen LogP contribution in [0.2, 0.25) is 0 Å². The average Bonchev–Trinajstić information content (AvgIpc) is 2.20. The van der Waals surface area contributed by atoms with Gasteiger partial charge < -0.3 is 11.1 Å². The molecule has 0 saturated heterocycles. The zero-order chi connectivity index (χ0) is 11.4. The van der Waals surface area contributed by atoms with Crippen molar-refractivity contribution in [3.8, 4) is 0 Å². The Morgan fingerprint density at radius 3 is 2.53 bits per heavy atom. The number of rotatable bonds is 3. The Balaban J connectivity index is 2.71. The van der Waals surface area contributed by atoms with Gasteiger partial charge in [0.25, 0.3) is 0 Å². The van der Waals surface area contributed by atoms with Gasteiger partial charge in [0.2, 0.25) is 5.91 Å². The molecule has 1 aromatic carbocycles. The molecular formula is C11H15IN2O. The van der Waals surface area contributed by atoms with Gasteiger partial charge in [0, 0.05) is 3.57 Å². The van der Waals surface area contributed by atoms with Crippen molar-refractivity contribution in [1.29, 1.82) is 0 Å². The van der Waals surface area contributed by atoms with Crippen LogP contribution in [0.3, 0.4) is 0 Å². The second-order valence-corrected chi connectivity index (χ2v) is 4.90. The van der Waals surface area contributed by atoms with E-state index < -0.39 is 6.04 Å². The fourth-order valence-electron chi connectivity index (χ4n) is 1.08. The summed E-state index contributed by atoms with van der Waals surface area (Å²) in [5.74, 6) is 0.0143. The third kappa shape index (κ3) is 3.46. The molecule has 0 saturated carbocycles. The predicted octanol–water partition coefficient (Wildman–Crippen LogP) is 2.21. The van der Waals surface area contributed by atoms with Gasteiger partial charge in [-0.2, -0.15) is 0 Å². The van der Waals surface area contributed by atoms with Crippen LogP contribution in [-0.4, -0.2) is 11.9 Å². The van der Waals surface area contributed by atoms with Gasteiger partial charge in [-0.3, -0.25) is 4.79 Å². The van der Waals surface area contributed by atoms with Crippen LogP contribution in [0.4, 0.5) is 5.69 Å². The minimum Gasteiger partial charge on any atom is -0.324 e. The highest BCUT2D eigenvalue weighted by Crippen LogP contribution is 2.17. The highest BCUT2D eigenvalue weighted by Gasteiger charge is 2.17. The molecule has 0 aliphatic heterocycles. The molecule has 3 nitrogen and oxygen atoms in total. The molecule has 0 unspecified atom stereocenters. The maximum atomic E-state index is 11.7. The van der Waals surface area contributed by atoms with Crippen LogP contribution in [0, 0.1) is 9.49 Å². The van der Waals surface area contributed by atoms with Gasteiger partial charge in [0.1, 0.15) is 0 Å². The summed E-state index contributed by atoms with van der Waals surface area (Å²) in [5.41, 5.74) is 6.56. The van der Waals surface area contributed by atoms with Gasteiger partial charge in [-0.1, -0.05) is 26.0 Å². The Morgan fingerprint density at radius 2 is 2.00 bits per heavy atom. The van der Waals surface area contributed by atoms with E-state index in [1.54, 1.807) is 0 Å². The molecule has 4 heteroatoms. The van der Waals surface area contributed by atoms with E-state index in [0.717, 1.165) is 9.26 Å². The van der Waals surface area contributed by atoms with Gasteiger partial charge in [-0.25, -0.2) is 0 Å². The van der Waals surface area contributed by atoms with Crippen LogP contribution < -0.4 is 11.1 Å². The lowest BCUT2D eigenvalue weighted by Crippen LogP contribution is -2.39. The quantitative estimate of drug-likeness (QED) is 0.840. The van der Waals surface area contributed by atoms with Gasteiger partial charge >= 0.3 is 0 Å². The minimum atomic E-state index is -0.457. The van der Waals surface area contributed by atoms with E-state index in [1.165, 1.54) is 0 Å². The van der Waals surface area contributed by atoms with Crippen LogP contribution in [0.25, 0.3) is 0 Å². The van der Waals surface area contributed by atoms with Crippen molar-refractivity contribution in [3.05, 3.63) is 27.8 Å². The lowest BCUT2D eigenvalue weighted by Gasteiger charge is -2.15. The first-order valence-corrected chi connectivity index (χ1v) is 5.91. The summed E-state index contributed by atoms with van der Waals surface area (Å²) in [4.78, 5) is 11.7. The molecule has 1 atom stereocenters. The van der Waals surface area contributed by atoms with Crippen molar-refractivity contribution in [2.45, 2.75) is 19.9 Å². The maximum absolute atomic E-state index is 11.7. The standard InChI is InChI=1S/C11H15IN2O/c1-7(2)10(13)11(15)14-9-6-4-3-5-8(9)12/h3-7,10H,13H2,1-2H3,(H,14,15)/t10-/m0/s1. The van der Waals surface area contributed by atoms with Crippen molar-refractivity contribution in [3.63, 3.8) is 0 Å². The Hall–Kier alpha value is -0.620. The molecule has 0 heterocycles. The molecule has 3 N–H and O–H groups in total. The van der Waals surface area contributed by atoms with Crippen LogP contribution in [0.5, 0.6) is 0 Å². The largest absolute Gasteiger partial charge is 0.324 e. The van der Waals surface area contributed by atoms with Crippen LogP contribution in [0.1, 0.15) is 13.8 Å². The number of hydrogen-bond acceptors (Lipinski definition) is 2. The summed E-state index contributed by atoms with van der Waals surface area (Å²) in [5, 5.41) is 2.82. The second-order valence-electron chi connectivity index (χ2n) is 3.74. The first-order valence-electron chi connectivity index (χ1n) is 4.83. The number of benzene rings is 1. The third-order valence-electron chi connectivity index (χ3n) is 2.15. The first kappa shape index (κ1) is 12.4. The normalized spacial score (nSPS) is 12.6. The number of carbonyl (C=O) groups is 1. The summed E-state index contributed by atoms with van der Waals surface area (Å²) in [7, 11) is 0. The van der Waals surface area contributed by atoms with Crippen LogP contribution in [0.15, 0.2) is 24.3 Å². The number of carbonyl (C=O) groups excluding carboxylic acids is 1. The maximum Gasteiger partial charge on any atom is 0.241 e. The number of halogens is 1. The molecular weight excluding hydrogens is 303 g/mol. The van der Waals surface area contributed by atoms with Gasteiger partial charge in [-0.15, -0.1) is 0 Å². The number of para-hydroxylation sites is 1. The number of nitrogens with one attached hydrogen (secondary N) is 1. The van der Waals surface area contributed by atoms with Gasteiger partial charge in [0.05, 0.1) is 11.7 Å². The van der Waals surface area contributed by atoms with E-state index in [-0.39, 0.29) is 11.8 Å². The molecule has 0 spiro atoms. The summed E-state index contributed by atoms with van der Waals surface area (Å²) in [6.45, 7) is 3.86. The molecule has 1 rings (SSSR count). The molecule has 15 heavy (non-hydrogen) atoms. The number of anilines is 1. The van der Waals surface area contributed by atoms with E-state index in [9.17, 15) is 4.79 Å². The first-order chi connectivity index (χ1) is 7.02. The van der Waals surface area contributed by atoms with E-state index in [2.05, 4.69) is 27.9 Å². The zero-order valence-corrected chi connectivity index (χ0v) is 11.0. The fourth-order valence-corrected chi connectivity index (χ4v) is 1.60. The van der Waals surface area contributed by atoms with Crippen molar-refractivity contribution in [2.75, 3.05) is 5.32 Å². The fraction of sp³-hybridized carbons (Fsp3) is 0.364. The molecule has 0 fully saturated rings. The van der Waals surface area contributed by atoms with Gasteiger partial charge in [0.15, 0.2) is 0 Å². The van der Waals surface area contributed by atoms with E-state index >= 15 is 0 Å². The molecule has 0 aliphatic carbocycles.